The Morgan fingerprint density at radius 1 is 1.23 bits per heavy atom. The van der Waals surface area contributed by atoms with Crippen LogP contribution in [0.3, 0.4) is 0 Å². The molecule has 1 unspecified atom stereocenters. The summed E-state index contributed by atoms with van der Waals surface area (Å²) < 4.78 is 14.4. The lowest BCUT2D eigenvalue weighted by Gasteiger charge is -2.25. The average molecular weight is 479 g/mol. The lowest BCUT2D eigenvalue weighted by Crippen LogP contribution is -2.51. The Balaban J connectivity index is 1.66. The molecule has 2 aromatic rings. The number of phenolic OH excluding ortho intramolecular Hbond substituents is 1. The molecule has 0 saturated carbocycles. The van der Waals surface area contributed by atoms with E-state index in [0.717, 1.165) is 4.47 Å². The van der Waals surface area contributed by atoms with E-state index in [1.165, 1.54) is 12.1 Å². The van der Waals surface area contributed by atoms with Gasteiger partial charge in [-0.1, -0.05) is 28.9 Å². The number of amides is 5. The average Bonchev–Trinajstić information content (AvgIpc) is 2.95. The Morgan fingerprint density at radius 2 is 1.93 bits per heavy atom. The molecule has 1 fully saturated rings. The molecule has 1 saturated heterocycles. The second-order valence-electron chi connectivity index (χ2n) is 6.86. The summed E-state index contributed by atoms with van der Waals surface area (Å²) in [5, 5.41) is 15.1. The highest BCUT2D eigenvalue weighted by Gasteiger charge is 2.50. The van der Waals surface area contributed by atoms with Crippen LogP contribution in [0.4, 0.5) is 19.7 Å². The van der Waals surface area contributed by atoms with Crippen molar-refractivity contribution in [2.24, 2.45) is 0 Å². The number of imide groups is 1. The summed E-state index contributed by atoms with van der Waals surface area (Å²) in [6, 6.07) is 9.25. The molecular weight excluding hydrogens is 459 g/mol. The number of benzene rings is 2. The number of hydrogen-bond donors (Lipinski definition) is 4. The number of hydrogen-bond acceptors (Lipinski definition) is 4. The Labute approximate surface area is 180 Å². The topological polar surface area (TPSA) is 111 Å². The number of urea groups is 2. The van der Waals surface area contributed by atoms with Gasteiger partial charge in [0.15, 0.2) is 11.6 Å². The van der Waals surface area contributed by atoms with Gasteiger partial charge in [0.2, 0.25) is 0 Å². The Hall–Kier alpha value is -3.14. The summed E-state index contributed by atoms with van der Waals surface area (Å²) in [4.78, 5) is 37.5. The summed E-state index contributed by atoms with van der Waals surface area (Å²) in [7, 11) is 0. The van der Waals surface area contributed by atoms with E-state index < -0.39 is 35.1 Å². The number of nitrogens with zero attached hydrogens (tertiary/aromatic N) is 1. The van der Waals surface area contributed by atoms with Crippen LogP contribution in [0.5, 0.6) is 5.75 Å². The Morgan fingerprint density at radius 3 is 2.57 bits per heavy atom. The summed E-state index contributed by atoms with van der Waals surface area (Å²) in [6.07, 6.45) is 0.769. The van der Waals surface area contributed by atoms with E-state index in [2.05, 4.69) is 32.0 Å². The molecule has 8 nitrogen and oxygen atoms in total. The van der Waals surface area contributed by atoms with E-state index >= 15 is 0 Å². The predicted molar refractivity (Wildman–Crippen MR) is 111 cm³/mol. The largest absolute Gasteiger partial charge is 0.505 e. The number of phenols is 1. The number of anilines is 1. The molecule has 158 valence electrons. The second kappa shape index (κ2) is 8.70. The van der Waals surface area contributed by atoms with E-state index in [1.807, 2.05) is 0 Å². The number of nitrogens with one attached hydrogen (secondary N) is 3. The third-order valence-corrected chi connectivity index (χ3v) is 5.46. The molecule has 0 spiro atoms. The Kier molecular flexibility index (Phi) is 6.25. The van der Waals surface area contributed by atoms with E-state index in [1.54, 1.807) is 37.3 Å². The first kappa shape index (κ1) is 21.6. The highest BCUT2D eigenvalue weighted by atomic mass is 79.9. The number of hydrazine groups is 1. The third-order valence-electron chi connectivity index (χ3n) is 4.93. The number of aryl methyl sites for hydroxylation is 1. The minimum atomic E-state index is -1.23. The second-order valence-corrected chi connectivity index (χ2v) is 7.78. The first-order valence-corrected chi connectivity index (χ1v) is 10.0. The smallest absolute Gasteiger partial charge is 0.344 e. The van der Waals surface area contributed by atoms with Gasteiger partial charge in [0.05, 0.1) is 0 Å². The van der Waals surface area contributed by atoms with Crippen LogP contribution in [0, 0.1) is 5.82 Å². The molecule has 0 aromatic heterocycles. The van der Waals surface area contributed by atoms with E-state index in [9.17, 15) is 23.9 Å². The summed E-state index contributed by atoms with van der Waals surface area (Å²) in [5.41, 5.74) is 2.09. The van der Waals surface area contributed by atoms with Gasteiger partial charge in [0, 0.05) is 10.2 Å². The summed E-state index contributed by atoms with van der Waals surface area (Å²) in [6.45, 7) is 1.74. The molecule has 1 aliphatic rings. The minimum Gasteiger partial charge on any atom is -0.505 e. The molecule has 10 heteroatoms. The van der Waals surface area contributed by atoms with E-state index in [-0.39, 0.29) is 19.3 Å². The molecule has 0 radical (unpaired) electrons. The monoisotopic (exact) mass is 478 g/mol. The van der Waals surface area contributed by atoms with Crippen LogP contribution < -0.4 is 16.1 Å². The zero-order valence-electron chi connectivity index (χ0n) is 16.0. The predicted octanol–water partition coefficient (Wildman–Crippen LogP) is 3.66. The van der Waals surface area contributed by atoms with Crippen LogP contribution >= 0.6 is 15.9 Å². The van der Waals surface area contributed by atoms with E-state index in [4.69, 9.17) is 0 Å². The number of halogens is 2. The normalized spacial score (nSPS) is 18.3. The first-order valence-electron chi connectivity index (χ1n) is 9.21. The molecule has 1 heterocycles. The van der Waals surface area contributed by atoms with Gasteiger partial charge >= 0.3 is 12.1 Å². The van der Waals surface area contributed by atoms with Crippen LogP contribution in [0.2, 0.25) is 0 Å². The van der Waals surface area contributed by atoms with Gasteiger partial charge < -0.3 is 15.7 Å². The van der Waals surface area contributed by atoms with Crippen molar-refractivity contribution in [3.63, 3.8) is 0 Å². The Bertz CT molecular complexity index is 985. The van der Waals surface area contributed by atoms with Crippen molar-refractivity contribution in [1.82, 2.24) is 15.8 Å². The van der Waals surface area contributed by atoms with Gasteiger partial charge in [-0.05, 0) is 61.2 Å². The number of aromatic hydroxyl groups is 1. The third kappa shape index (κ3) is 4.54. The lowest BCUT2D eigenvalue weighted by molar-refractivity contribution is -0.133. The van der Waals surface area contributed by atoms with Crippen molar-refractivity contribution < 1.29 is 23.9 Å². The minimum absolute atomic E-state index is 0.199. The fourth-order valence-corrected chi connectivity index (χ4v) is 3.43. The first-order chi connectivity index (χ1) is 14.2. The molecule has 1 aliphatic heterocycles. The van der Waals surface area contributed by atoms with Crippen LogP contribution in [0.15, 0.2) is 46.9 Å². The van der Waals surface area contributed by atoms with Gasteiger partial charge in [-0.3, -0.25) is 4.79 Å². The standard InChI is InChI=1S/C20H20BrFN4O4/c1-2-20(10-9-12-3-8-16(27)15(22)11-12)17(28)26(19(30)24-20)25-18(29)23-14-6-4-13(21)5-7-14/h3-8,11,27H,2,9-10H2,1H3,(H,24,30)(H2,23,25,29). The van der Waals surface area contributed by atoms with Gasteiger partial charge in [0.1, 0.15) is 5.54 Å². The van der Waals surface area contributed by atoms with Crippen LogP contribution in [0.25, 0.3) is 0 Å². The molecular formula is C20H20BrFN4O4. The van der Waals surface area contributed by atoms with Crippen LogP contribution in [-0.2, 0) is 11.2 Å². The lowest BCUT2D eigenvalue weighted by atomic mass is 9.88. The fourth-order valence-electron chi connectivity index (χ4n) is 3.17. The quantitative estimate of drug-likeness (QED) is 0.474. The maximum absolute atomic E-state index is 13.6. The number of carbonyl (C=O) groups is 3. The molecule has 30 heavy (non-hydrogen) atoms. The van der Waals surface area contributed by atoms with Gasteiger partial charge in [-0.2, -0.15) is 5.01 Å². The molecule has 1 atom stereocenters. The SMILES string of the molecule is CCC1(CCc2ccc(O)c(F)c2)NC(=O)N(NC(=O)Nc2ccc(Br)cc2)C1=O. The van der Waals surface area contributed by atoms with Crippen LogP contribution in [0.1, 0.15) is 25.3 Å². The van der Waals surface area contributed by atoms with Crippen molar-refractivity contribution in [3.8, 4) is 5.75 Å². The zero-order valence-corrected chi connectivity index (χ0v) is 17.6. The van der Waals surface area contributed by atoms with E-state index in [0.29, 0.717) is 16.3 Å². The van der Waals surface area contributed by atoms with Crippen molar-refractivity contribution >= 4 is 39.6 Å². The summed E-state index contributed by atoms with van der Waals surface area (Å²) >= 11 is 3.29. The summed E-state index contributed by atoms with van der Waals surface area (Å²) in [5.74, 6) is -1.81. The molecule has 4 N–H and O–H groups in total. The zero-order chi connectivity index (χ0) is 21.9. The molecule has 0 bridgehead atoms. The highest BCUT2D eigenvalue weighted by molar-refractivity contribution is 9.10. The number of rotatable bonds is 6. The van der Waals surface area contributed by atoms with Gasteiger partial charge in [0.25, 0.3) is 5.91 Å². The molecule has 2 aromatic carbocycles. The van der Waals surface area contributed by atoms with Crippen molar-refractivity contribution in [1.29, 1.82) is 0 Å². The van der Waals surface area contributed by atoms with Crippen molar-refractivity contribution in [2.75, 3.05) is 5.32 Å². The number of carbonyl (C=O) groups excluding carboxylic acids is 3. The van der Waals surface area contributed by atoms with Crippen LogP contribution in [-0.4, -0.2) is 33.6 Å². The molecule has 0 aliphatic carbocycles. The highest BCUT2D eigenvalue weighted by Crippen LogP contribution is 2.27. The van der Waals surface area contributed by atoms with Gasteiger partial charge in [-0.15, -0.1) is 0 Å². The molecule has 3 rings (SSSR count). The molecule has 5 amide bonds. The van der Waals surface area contributed by atoms with Crippen molar-refractivity contribution in [2.45, 2.75) is 31.7 Å². The van der Waals surface area contributed by atoms with Gasteiger partial charge in [-0.25, -0.2) is 19.4 Å². The fraction of sp³-hybridized carbons (Fsp3) is 0.250. The van der Waals surface area contributed by atoms with Crippen molar-refractivity contribution in [3.05, 3.63) is 58.3 Å². The maximum atomic E-state index is 13.6. The maximum Gasteiger partial charge on any atom is 0.344 e.